The van der Waals surface area contributed by atoms with Crippen LogP contribution < -0.4 is 11.3 Å². The van der Waals surface area contributed by atoms with E-state index in [2.05, 4.69) is 21.6 Å². The Kier molecular flexibility index (Phi) is 3.63. The van der Waals surface area contributed by atoms with Crippen molar-refractivity contribution >= 4 is 11.3 Å². The van der Waals surface area contributed by atoms with E-state index in [4.69, 9.17) is 5.84 Å². The van der Waals surface area contributed by atoms with Crippen LogP contribution in [0.4, 0.5) is 0 Å². The molecular formula is C13H19N5S. The SMILES string of the molecule is Cn1ncnc1CC(NN)c1cc2c(s1)CCCC2. The third-order valence-electron chi connectivity index (χ3n) is 3.75. The average Bonchev–Trinajstić information content (AvgIpc) is 3.02. The third kappa shape index (κ3) is 2.56. The van der Waals surface area contributed by atoms with Gasteiger partial charge in [0, 0.05) is 23.2 Å². The first-order valence-electron chi connectivity index (χ1n) is 6.68. The summed E-state index contributed by atoms with van der Waals surface area (Å²) in [6.45, 7) is 0. The van der Waals surface area contributed by atoms with Crippen LogP contribution in [0.15, 0.2) is 12.4 Å². The molecule has 0 fully saturated rings. The lowest BCUT2D eigenvalue weighted by Gasteiger charge is -2.13. The molecule has 0 aromatic carbocycles. The zero-order valence-electron chi connectivity index (χ0n) is 11.1. The molecule has 1 aliphatic rings. The second-order valence-electron chi connectivity index (χ2n) is 5.03. The molecule has 0 saturated heterocycles. The molecule has 6 heteroatoms. The first kappa shape index (κ1) is 12.8. The lowest BCUT2D eigenvalue weighted by molar-refractivity contribution is 0.530. The molecule has 0 saturated carbocycles. The number of hydrogen-bond acceptors (Lipinski definition) is 5. The molecule has 5 nitrogen and oxygen atoms in total. The maximum atomic E-state index is 5.73. The number of hydrogen-bond donors (Lipinski definition) is 2. The first-order chi connectivity index (χ1) is 9.28. The largest absolute Gasteiger partial charge is 0.271 e. The molecule has 1 atom stereocenters. The fourth-order valence-electron chi connectivity index (χ4n) is 2.61. The van der Waals surface area contributed by atoms with Gasteiger partial charge in [-0.15, -0.1) is 11.3 Å². The number of fused-ring (bicyclic) bond motifs is 1. The molecule has 0 spiro atoms. The molecule has 102 valence electrons. The van der Waals surface area contributed by atoms with Crippen LogP contribution in [0.3, 0.4) is 0 Å². The van der Waals surface area contributed by atoms with Gasteiger partial charge < -0.3 is 0 Å². The second-order valence-corrected chi connectivity index (χ2v) is 6.20. The minimum atomic E-state index is 0.124. The Hall–Kier alpha value is -1.24. The summed E-state index contributed by atoms with van der Waals surface area (Å²) in [5.41, 5.74) is 4.44. The van der Waals surface area contributed by atoms with Gasteiger partial charge in [0.2, 0.25) is 0 Å². The molecule has 19 heavy (non-hydrogen) atoms. The Morgan fingerprint density at radius 1 is 1.47 bits per heavy atom. The van der Waals surface area contributed by atoms with Crippen LogP contribution in [0.5, 0.6) is 0 Å². The maximum Gasteiger partial charge on any atom is 0.138 e. The minimum absolute atomic E-state index is 0.124. The van der Waals surface area contributed by atoms with Crippen molar-refractivity contribution in [2.75, 3.05) is 0 Å². The van der Waals surface area contributed by atoms with Crippen molar-refractivity contribution in [3.63, 3.8) is 0 Å². The van der Waals surface area contributed by atoms with E-state index >= 15 is 0 Å². The molecule has 0 radical (unpaired) electrons. The Balaban J connectivity index is 1.82. The number of rotatable bonds is 4. The molecule has 1 aliphatic carbocycles. The highest BCUT2D eigenvalue weighted by Gasteiger charge is 2.20. The summed E-state index contributed by atoms with van der Waals surface area (Å²) in [6, 6.07) is 2.44. The highest BCUT2D eigenvalue weighted by Crippen LogP contribution is 2.33. The van der Waals surface area contributed by atoms with Crippen molar-refractivity contribution in [1.29, 1.82) is 0 Å². The quantitative estimate of drug-likeness (QED) is 0.656. The third-order valence-corrected chi connectivity index (χ3v) is 5.10. The van der Waals surface area contributed by atoms with Crippen molar-refractivity contribution in [2.45, 2.75) is 38.1 Å². The van der Waals surface area contributed by atoms with Crippen molar-refractivity contribution in [2.24, 2.45) is 12.9 Å². The molecule has 2 heterocycles. The molecule has 1 unspecified atom stereocenters. The number of nitrogens with zero attached hydrogens (tertiary/aromatic N) is 3. The molecule has 0 bridgehead atoms. The van der Waals surface area contributed by atoms with Crippen molar-refractivity contribution in [1.82, 2.24) is 20.2 Å². The van der Waals surface area contributed by atoms with E-state index in [1.54, 1.807) is 15.9 Å². The Morgan fingerprint density at radius 2 is 2.32 bits per heavy atom. The summed E-state index contributed by atoms with van der Waals surface area (Å²) in [5.74, 6) is 6.68. The molecule has 3 rings (SSSR count). The van der Waals surface area contributed by atoms with Crippen LogP contribution in [0.1, 0.15) is 40.0 Å². The van der Waals surface area contributed by atoms with E-state index in [1.807, 2.05) is 18.4 Å². The summed E-state index contributed by atoms with van der Waals surface area (Å²) >= 11 is 1.90. The van der Waals surface area contributed by atoms with Gasteiger partial charge in [-0.1, -0.05) is 0 Å². The Labute approximate surface area is 116 Å². The zero-order valence-corrected chi connectivity index (χ0v) is 11.9. The van der Waals surface area contributed by atoms with Gasteiger partial charge in [0.25, 0.3) is 0 Å². The standard InChI is InChI=1S/C13H19N5S/c1-18-13(15-8-16-18)7-10(17-14)12-6-9-4-2-3-5-11(9)19-12/h6,8,10,17H,2-5,7,14H2,1H3. The highest BCUT2D eigenvalue weighted by molar-refractivity contribution is 7.12. The van der Waals surface area contributed by atoms with Crippen LogP contribution in [0.25, 0.3) is 0 Å². The normalized spacial score (nSPS) is 16.3. The number of nitrogens with two attached hydrogens (primary N) is 1. The number of hydrazine groups is 1. The minimum Gasteiger partial charge on any atom is -0.271 e. The average molecular weight is 277 g/mol. The number of thiophene rings is 1. The summed E-state index contributed by atoms with van der Waals surface area (Å²) in [7, 11) is 1.91. The zero-order chi connectivity index (χ0) is 13.2. The summed E-state index contributed by atoms with van der Waals surface area (Å²) in [5, 5.41) is 4.10. The van der Waals surface area contributed by atoms with E-state index in [0.29, 0.717) is 0 Å². The summed E-state index contributed by atoms with van der Waals surface area (Å²) in [4.78, 5) is 7.13. The predicted molar refractivity (Wildman–Crippen MR) is 75.7 cm³/mol. The summed E-state index contributed by atoms with van der Waals surface area (Å²) < 4.78 is 1.80. The predicted octanol–water partition coefficient (Wildman–Crippen LogP) is 1.50. The molecule has 2 aromatic rings. The number of nitrogens with one attached hydrogen (secondary N) is 1. The molecule has 2 aromatic heterocycles. The van der Waals surface area contributed by atoms with Crippen molar-refractivity contribution < 1.29 is 0 Å². The molecule has 0 amide bonds. The van der Waals surface area contributed by atoms with E-state index in [9.17, 15) is 0 Å². The van der Waals surface area contributed by atoms with E-state index in [0.717, 1.165) is 12.2 Å². The van der Waals surface area contributed by atoms with Crippen LogP contribution in [-0.2, 0) is 26.3 Å². The Morgan fingerprint density at radius 3 is 3.00 bits per heavy atom. The monoisotopic (exact) mass is 277 g/mol. The van der Waals surface area contributed by atoms with E-state index in [1.165, 1.54) is 36.1 Å². The summed E-state index contributed by atoms with van der Waals surface area (Å²) in [6.07, 6.45) is 7.42. The van der Waals surface area contributed by atoms with Gasteiger partial charge in [-0.25, -0.2) is 4.98 Å². The van der Waals surface area contributed by atoms with Crippen LogP contribution in [-0.4, -0.2) is 14.8 Å². The molecule has 0 aliphatic heterocycles. The smallest absolute Gasteiger partial charge is 0.138 e. The van der Waals surface area contributed by atoms with Gasteiger partial charge in [-0.05, 0) is 37.3 Å². The molecular weight excluding hydrogens is 258 g/mol. The highest BCUT2D eigenvalue weighted by atomic mass is 32.1. The van der Waals surface area contributed by atoms with Crippen molar-refractivity contribution in [3.05, 3.63) is 33.5 Å². The van der Waals surface area contributed by atoms with Gasteiger partial charge >= 0.3 is 0 Å². The van der Waals surface area contributed by atoms with Gasteiger partial charge in [-0.3, -0.25) is 16.0 Å². The van der Waals surface area contributed by atoms with Gasteiger partial charge in [0.05, 0.1) is 6.04 Å². The van der Waals surface area contributed by atoms with E-state index < -0.39 is 0 Å². The van der Waals surface area contributed by atoms with E-state index in [-0.39, 0.29) is 6.04 Å². The van der Waals surface area contributed by atoms with Crippen LogP contribution in [0, 0.1) is 0 Å². The van der Waals surface area contributed by atoms with Gasteiger partial charge in [0.1, 0.15) is 12.2 Å². The van der Waals surface area contributed by atoms with Crippen LogP contribution in [0.2, 0.25) is 0 Å². The van der Waals surface area contributed by atoms with Gasteiger partial charge in [0.15, 0.2) is 0 Å². The maximum absolute atomic E-state index is 5.73. The first-order valence-corrected chi connectivity index (χ1v) is 7.50. The number of aryl methyl sites for hydroxylation is 3. The lowest BCUT2D eigenvalue weighted by atomic mass is 9.98. The number of aromatic nitrogens is 3. The topological polar surface area (TPSA) is 68.8 Å². The second kappa shape index (κ2) is 5.40. The molecule has 3 N–H and O–H groups in total. The van der Waals surface area contributed by atoms with Crippen LogP contribution >= 0.6 is 11.3 Å². The van der Waals surface area contributed by atoms with Crippen molar-refractivity contribution in [3.8, 4) is 0 Å². The Bertz CT molecular complexity index is 536. The lowest BCUT2D eigenvalue weighted by Crippen LogP contribution is -2.29. The van der Waals surface area contributed by atoms with Gasteiger partial charge in [-0.2, -0.15) is 5.10 Å². The fourth-order valence-corrected chi connectivity index (χ4v) is 3.93. The fraction of sp³-hybridized carbons (Fsp3) is 0.538.